The zero-order valence-corrected chi connectivity index (χ0v) is 14.9. The summed E-state index contributed by atoms with van der Waals surface area (Å²) in [6, 6.07) is 8.59. The Bertz CT molecular complexity index is 861. The summed E-state index contributed by atoms with van der Waals surface area (Å²) < 4.78 is 25.8. The minimum Gasteiger partial charge on any atom is -0.307 e. The van der Waals surface area contributed by atoms with Gasteiger partial charge in [0.1, 0.15) is 5.82 Å². The van der Waals surface area contributed by atoms with Gasteiger partial charge in [0.25, 0.3) is 5.91 Å². The van der Waals surface area contributed by atoms with Gasteiger partial charge in [-0.05, 0) is 31.5 Å². The van der Waals surface area contributed by atoms with Crippen molar-refractivity contribution in [1.29, 1.82) is 0 Å². The van der Waals surface area contributed by atoms with Crippen molar-refractivity contribution in [2.75, 3.05) is 16.8 Å². The summed E-state index contributed by atoms with van der Waals surface area (Å²) in [5, 5.41) is 7.18. The molecule has 1 aromatic heterocycles. The molecule has 0 aliphatic carbocycles. The van der Waals surface area contributed by atoms with Gasteiger partial charge in [-0.15, -0.1) is 0 Å². The lowest BCUT2D eigenvalue weighted by molar-refractivity contribution is 0.102. The molecular formula is C15H16BrN3O3S. The number of benzene rings is 1. The first kappa shape index (κ1) is 16.2. The Morgan fingerprint density at radius 1 is 1.39 bits per heavy atom. The summed E-state index contributed by atoms with van der Waals surface area (Å²) in [4.78, 5) is 12.4. The monoisotopic (exact) mass is 397 g/mol. The van der Waals surface area contributed by atoms with E-state index in [1.807, 2.05) is 13.0 Å². The first-order chi connectivity index (χ1) is 10.8. The fourth-order valence-corrected chi connectivity index (χ4v) is 4.77. The summed E-state index contributed by atoms with van der Waals surface area (Å²) in [5.74, 6) is 0.492. The summed E-state index contributed by atoms with van der Waals surface area (Å²) in [6.07, 6.45) is 0.517. The first-order valence-corrected chi connectivity index (χ1v) is 9.79. The number of sulfone groups is 1. The van der Waals surface area contributed by atoms with Crippen LogP contribution in [0, 0.1) is 6.92 Å². The van der Waals surface area contributed by atoms with Crippen molar-refractivity contribution in [2.45, 2.75) is 19.4 Å². The highest BCUT2D eigenvalue weighted by Gasteiger charge is 2.31. The number of nitrogens with zero attached hydrogens (tertiary/aromatic N) is 2. The molecule has 8 heteroatoms. The second kappa shape index (κ2) is 6.09. The number of carbonyl (C=O) groups is 1. The number of carbonyl (C=O) groups excluding carboxylic acids is 1. The maximum Gasteiger partial charge on any atom is 0.256 e. The average molecular weight is 398 g/mol. The third-order valence-corrected chi connectivity index (χ3v) is 5.98. The number of aryl methyl sites for hydroxylation is 1. The number of amides is 1. The van der Waals surface area contributed by atoms with E-state index >= 15 is 0 Å². The van der Waals surface area contributed by atoms with Crippen LogP contribution in [0.3, 0.4) is 0 Å². The van der Waals surface area contributed by atoms with Crippen molar-refractivity contribution < 1.29 is 13.2 Å². The predicted molar refractivity (Wildman–Crippen MR) is 91.4 cm³/mol. The van der Waals surface area contributed by atoms with Crippen molar-refractivity contribution in [3.8, 4) is 0 Å². The molecule has 1 fully saturated rings. The molecule has 0 radical (unpaired) electrons. The highest BCUT2D eigenvalue weighted by Crippen LogP contribution is 2.27. The Labute approximate surface area is 142 Å². The van der Waals surface area contributed by atoms with Crippen LogP contribution < -0.4 is 5.32 Å². The van der Waals surface area contributed by atoms with Gasteiger partial charge in [0.05, 0.1) is 23.2 Å². The summed E-state index contributed by atoms with van der Waals surface area (Å²) in [5.41, 5.74) is 1.25. The molecule has 1 amide bonds. The van der Waals surface area contributed by atoms with E-state index in [1.54, 1.807) is 28.9 Å². The van der Waals surface area contributed by atoms with Gasteiger partial charge in [-0.3, -0.25) is 4.79 Å². The highest BCUT2D eigenvalue weighted by molar-refractivity contribution is 9.10. The zero-order valence-electron chi connectivity index (χ0n) is 12.5. The zero-order chi connectivity index (χ0) is 16.6. The molecule has 1 aromatic carbocycles. The van der Waals surface area contributed by atoms with Crippen molar-refractivity contribution in [3.63, 3.8) is 0 Å². The topological polar surface area (TPSA) is 81.1 Å². The number of rotatable bonds is 3. The van der Waals surface area contributed by atoms with Gasteiger partial charge < -0.3 is 5.32 Å². The third kappa shape index (κ3) is 3.64. The third-order valence-electron chi connectivity index (χ3n) is 3.74. The summed E-state index contributed by atoms with van der Waals surface area (Å²) in [7, 11) is -3.02. The van der Waals surface area contributed by atoms with Crippen LogP contribution in [0.25, 0.3) is 0 Å². The lowest BCUT2D eigenvalue weighted by atomic mass is 10.2. The van der Waals surface area contributed by atoms with E-state index in [1.165, 1.54) is 0 Å². The molecule has 2 heterocycles. The average Bonchev–Trinajstić information content (AvgIpc) is 3.01. The second-order valence-electron chi connectivity index (χ2n) is 5.64. The maximum absolute atomic E-state index is 12.4. The van der Waals surface area contributed by atoms with Gasteiger partial charge >= 0.3 is 0 Å². The Morgan fingerprint density at radius 3 is 2.83 bits per heavy atom. The van der Waals surface area contributed by atoms with Crippen LogP contribution in [0.1, 0.15) is 28.5 Å². The van der Waals surface area contributed by atoms with Crippen molar-refractivity contribution >= 4 is 37.5 Å². The molecule has 1 atom stereocenters. The minimum atomic E-state index is -3.02. The molecule has 0 bridgehead atoms. The van der Waals surface area contributed by atoms with Crippen LogP contribution in [0.4, 0.5) is 5.82 Å². The Hall–Kier alpha value is -1.67. The summed E-state index contributed by atoms with van der Waals surface area (Å²) >= 11 is 3.34. The molecule has 1 saturated heterocycles. The molecule has 3 rings (SSSR count). The molecule has 0 spiro atoms. The van der Waals surface area contributed by atoms with Crippen molar-refractivity contribution in [3.05, 3.63) is 46.1 Å². The molecule has 6 nitrogen and oxygen atoms in total. The van der Waals surface area contributed by atoms with Crippen LogP contribution in [0.15, 0.2) is 34.8 Å². The largest absolute Gasteiger partial charge is 0.307 e. The predicted octanol–water partition coefficient (Wildman–Crippen LogP) is 2.57. The lowest BCUT2D eigenvalue weighted by Gasteiger charge is -2.13. The van der Waals surface area contributed by atoms with Crippen LogP contribution in [-0.2, 0) is 9.84 Å². The number of anilines is 1. The smallest absolute Gasteiger partial charge is 0.256 e. The molecule has 2 aromatic rings. The van der Waals surface area contributed by atoms with Gasteiger partial charge in [0, 0.05) is 16.1 Å². The molecule has 1 N–H and O–H groups in total. The maximum atomic E-state index is 12.4. The first-order valence-electron chi connectivity index (χ1n) is 7.17. The molecule has 1 aliphatic rings. The van der Waals surface area contributed by atoms with Crippen LogP contribution >= 0.6 is 15.9 Å². The highest BCUT2D eigenvalue weighted by atomic mass is 79.9. The van der Waals surface area contributed by atoms with Gasteiger partial charge in [-0.25, -0.2) is 13.1 Å². The van der Waals surface area contributed by atoms with Crippen LogP contribution in [0.2, 0.25) is 0 Å². The molecule has 1 aliphatic heterocycles. The van der Waals surface area contributed by atoms with E-state index in [2.05, 4.69) is 26.3 Å². The number of aromatic nitrogens is 2. The Balaban J connectivity index is 1.85. The van der Waals surface area contributed by atoms with E-state index in [0.29, 0.717) is 17.8 Å². The van der Waals surface area contributed by atoms with E-state index in [-0.39, 0.29) is 23.5 Å². The quantitative estimate of drug-likeness (QED) is 0.862. The van der Waals surface area contributed by atoms with Gasteiger partial charge in [-0.2, -0.15) is 5.10 Å². The fourth-order valence-electron chi connectivity index (χ4n) is 2.67. The number of halogens is 1. The standard InChI is InChI=1S/C15H16BrN3O3S/c1-10-7-14(17-15(20)11-3-2-4-12(16)8-11)19(18-10)13-5-6-23(21,22)9-13/h2-4,7-8,13H,5-6,9H2,1H3,(H,17,20)/t13-/m0/s1. The SMILES string of the molecule is Cc1cc(NC(=O)c2cccc(Br)c2)n([C@H]2CCS(=O)(=O)C2)n1. The Kier molecular flexibility index (Phi) is 4.29. The van der Waals surface area contributed by atoms with Crippen LogP contribution in [-0.4, -0.2) is 35.6 Å². The minimum absolute atomic E-state index is 0.0634. The van der Waals surface area contributed by atoms with E-state index in [0.717, 1.165) is 10.2 Å². The number of hydrogen-bond acceptors (Lipinski definition) is 4. The lowest BCUT2D eigenvalue weighted by Crippen LogP contribution is -2.19. The fraction of sp³-hybridized carbons (Fsp3) is 0.333. The molecule has 0 saturated carbocycles. The number of hydrogen-bond donors (Lipinski definition) is 1. The van der Waals surface area contributed by atoms with E-state index in [4.69, 9.17) is 0 Å². The second-order valence-corrected chi connectivity index (χ2v) is 8.78. The molecular weight excluding hydrogens is 382 g/mol. The van der Waals surface area contributed by atoms with Gasteiger partial charge in [-0.1, -0.05) is 22.0 Å². The van der Waals surface area contributed by atoms with Crippen molar-refractivity contribution in [2.24, 2.45) is 0 Å². The Morgan fingerprint density at radius 2 is 2.17 bits per heavy atom. The molecule has 23 heavy (non-hydrogen) atoms. The van der Waals surface area contributed by atoms with E-state index < -0.39 is 9.84 Å². The van der Waals surface area contributed by atoms with Crippen LogP contribution in [0.5, 0.6) is 0 Å². The van der Waals surface area contributed by atoms with Crippen molar-refractivity contribution in [1.82, 2.24) is 9.78 Å². The van der Waals surface area contributed by atoms with Gasteiger partial charge in [0.2, 0.25) is 0 Å². The van der Waals surface area contributed by atoms with Gasteiger partial charge in [0.15, 0.2) is 9.84 Å². The molecule has 122 valence electrons. The molecule has 0 unspecified atom stereocenters. The normalized spacial score (nSPS) is 19.7. The van der Waals surface area contributed by atoms with E-state index in [9.17, 15) is 13.2 Å². The number of nitrogens with one attached hydrogen (secondary N) is 1. The summed E-state index contributed by atoms with van der Waals surface area (Å²) in [6.45, 7) is 1.81.